The number of aliphatic hydroxyl groups is 1. The Balaban J connectivity index is 0.00000450. The summed E-state index contributed by atoms with van der Waals surface area (Å²) < 4.78 is 42.0. The SMILES string of the molecule is CCNC(=NCCC(O)(c1nccn1C)C(F)(F)F)N(C)Cc1ccc(C)cc1.I. The maximum atomic E-state index is 13.6. The lowest BCUT2D eigenvalue weighted by atomic mass is 9.98. The molecule has 2 rings (SSSR count). The standard InChI is InChI=1S/C20H28F3N5O.HI/c1-5-24-18(28(4)14-16-8-6-15(2)7-9-16)26-11-10-19(29,20(21,22)23)17-25-12-13-27(17)3;/h6-9,12-13,29H,5,10-11,14H2,1-4H3,(H,24,26);1H. The molecule has 30 heavy (non-hydrogen) atoms. The van der Waals surface area contributed by atoms with E-state index >= 15 is 0 Å². The van der Waals surface area contributed by atoms with E-state index in [1.165, 1.54) is 24.0 Å². The first-order valence-electron chi connectivity index (χ1n) is 9.40. The van der Waals surface area contributed by atoms with Crippen molar-refractivity contribution in [3.63, 3.8) is 0 Å². The summed E-state index contributed by atoms with van der Waals surface area (Å²) in [6, 6.07) is 8.00. The van der Waals surface area contributed by atoms with Gasteiger partial charge in [-0.25, -0.2) is 4.98 Å². The summed E-state index contributed by atoms with van der Waals surface area (Å²) >= 11 is 0. The monoisotopic (exact) mass is 539 g/mol. The average molecular weight is 539 g/mol. The van der Waals surface area contributed by atoms with E-state index in [1.54, 1.807) is 0 Å². The number of hydrogen-bond donors (Lipinski definition) is 2. The molecule has 168 valence electrons. The van der Waals surface area contributed by atoms with Gasteiger partial charge in [-0.1, -0.05) is 29.8 Å². The first-order chi connectivity index (χ1) is 13.6. The highest BCUT2D eigenvalue weighted by molar-refractivity contribution is 14.0. The van der Waals surface area contributed by atoms with Crippen molar-refractivity contribution in [2.45, 2.75) is 38.6 Å². The number of aliphatic imine (C=N–C) groups is 1. The molecule has 0 aliphatic rings. The zero-order chi connectivity index (χ0) is 21.7. The molecule has 2 N–H and O–H groups in total. The van der Waals surface area contributed by atoms with Crippen LogP contribution >= 0.6 is 24.0 Å². The first kappa shape index (κ1) is 26.2. The van der Waals surface area contributed by atoms with Crippen molar-refractivity contribution in [2.75, 3.05) is 20.1 Å². The van der Waals surface area contributed by atoms with Gasteiger partial charge in [-0.05, 0) is 19.4 Å². The lowest BCUT2D eigenvalue weighted by molar-refractivity contribution is -0.272. The predicted molar refractivity (Wildman–Crippen MR) is 122 cm³/mol. The van der Waals surface area contributed by atoms with Gasteiger partial charge in [-0.3, -0.25) is 4.99 Å². The molecule has 0 saturated heterocycles. The quantitative estimate of drug-likeness (QED) is 0.321. The van der Waals surface area contributed by atoms with Crippen LogP contribution in [0.5, 0.6) is 0 Å². The van der Waals surface area contributed by atoms with Gasteiger partial charge in [0.05, 0.1) is 0 Å². The molecule has 10 heteroatoms. The Bertz CT molecular complexity index is 823. The second-order valence-electron chi connectivity index (χ2n) is 7.05. The summed E-state index contributed by atoms with van der Waals surface area (Å²) in [5.74, 6) is 0.0238. The van der Waals surface area contributed by atoms with E-state index in [2.05, 4.69) is 15.3 Å². The highest BCUT2D eigenvalue weighted by Crippen LogP contribution is 2.40. The lowest BCUT2D eigenvalue weighted by Crippen LogP contribution is -2.45. The number of halogens is 4. The molecule has 0 fully saturated rings. The van der Waals surface area contributed by atoms with Gasteiger partial charge in [0.15, 0.2) is 5.96 Å². The van der Waals surface area contributed by atoms with Crippen molar-refractivity contribution >= 4 is 29.9 Å². The number of benzene rings is 1. The largest absolute Gasteiger partial charge is 0.424 e. The van der Waals surface area contributed by atoms with Gasteiger partial charge in [0, 0.05) is 52.5 Å². The van der Waals surface area contributed by atoms with E-state index in [-0.39, 0.29) is 30.5 Å². The van der Waals surface area contributed by atoms with Gasteiger partial charge >= 0.3 is 6.18 Å². The van der Waals surface area contributed by atoms with Crippen LogP contribution in [0.1, 0.15) is 30.3 Å². The molecule has 0 aliphatic carbocycles. The molecule has 0 bridgehead atoms. The molecule has 1 aromatic carbocycles. The van der Waals surface area contributed by atoms with Crippen LogP contribution < -0.4 is 5.32 Å². The van der Waals surface area contributed by atoms with E-state index in [4.69, 9.17) is 0 Å². The highest BCUT2D eigenvalue weighted by Gasteiger charge is 2.57. The number of alkyl halides is 3. The summed E-state index contributed by atoms with van der Waals surface area (Å²) in [4.78, 5) is 9.84. The minimum atomic E-state index is -4.87. The summed E-state index contributed by atoms with van der Waals surface area (Å²) in [6.07, 6.45) is -2.90. The number of nitrogens with zero attached hydrogens (tertiary/aromatic N) is 4. The molecule has 2 aromatic rings. The Morgan fingerprint density at radius 1 is 1.27 bits per heavy atom. The molecule has 6 nitrogen and oxygen atoms in total. The minimum absolute atomic E-state index is 0. The van der Waals surface area contributed by atoms with E-state index in [0.717, 1.165) is 11.1 Å². The van der Waals surface area contributed by atoms with Crippen LogP contribution in [-0.4, -0.2) is 51.8 Å². The van der Waals surface area contributed by atoms with Crippen molar-refractivity contribution in [2.24, 2.45) is 12.0 Å². The molecule has 0 amide bonds. The van der Waals surface area contributed by atoms with E-state index < -0.39 is 24.0 Å². The zero-order valence-corrected chi connectivity index (χ0v) is 19.9. The average Bonchev–Trinajstić information content (AvgIpc) is 3.08. The van der Waals surface area contributed by atoms with Crippen LogP contribution in [-0.2, 0) is 19.2 Å². The smallest absolute Gasteiger partial charge is 0.374 e. The van der Waals surface area contributed by atoms with Gasteiger partial charge in [0.1, 0.15) is 5.82 Å². The van der Waals surface area contributed by atoms with Crippen LogP contribution in [0.3, 0.4) is 0 Å². The number of rotatable bonds is 7. The fourth-order valence-corrected chi connectivity index (χ4v) is 2.98. The number of nitrogens with one attached hydrogen (secondary N) is 1. The van der Waals surface area contributed by atoms with Crippen molar-refractivity contribution in [1.82, 2.24) is 19.8 Å². The molecule has 1 aromatic heterocycles. The Morgan fingerprint density at radius 3 is 2.40 bits per heavy atom. The van der Waals surface area contributed by atoms with Crippen molar-refractivity contribution < 1.29 is 18.3 Å². The molecular weight excluding hydrogens is 510 g/mol. The summed E-state index contributed by atoms with van der Waals surface area (Å²) in [5.41, 5.74) is -0.858. The van der Waals surface area contributed by atoms with Gasteiger partial charge in [0.2, 0.25) is 5.60 Å². The lowest BCUT2D eigenvalue weighted by Gasteiger charge is -2.29. The Labute approximate surface area is 192 Å². The number of aryl methyl sites for hydroxylation is 2. The normalized spacial score (nSPS) is 14.1. The molecule has 1 unspecified atom stereocenters. The Morgan fingerprint density at radius 2 is 1.90 bits per heavy atom. The van der Waals surface area contributed by atoms with Crippen molar-refractivity contribution in [3.05, 3.63) is 53.6 Å². The fourth-order valence-electron chi connectivity index (χ4n) is 2.98. The highest BCUT2D eigenvalue weighted by atomic mass is 127. The number of imidazole rings is 1. The molecule has 0 radical (unpaired) electrons. The van der Waals surface area contributed by atoms with Gasteiger partial charge in [-0.2, -0.15) is 13.2 Å². The third kappa shape index (κ3) is 6.34. The molecule has 0 saturated carbocycles. The Hall–Kier alpha value is -1.82. The van der Waals surface area contributed by atoms with Crippen molar-refractivity contribution in [1.29, 1.82) is 0 Å². The number of guanidine groups is 1. The number of aromatic nitrogens is 2. The number of hydrogen-bond acceptors (Lipinski definition) is 3. The third-order valence-corrected chi connectivity index (χ3v) is 4.63. The topological polar surface area (TPSA) is 65.7 Å². The van der Waals surface area contributed by atoms with Crippen LogP contribution in [0, 0.1) is 6.92 Å². The summed E-state index contributed by atoms with van der Waals surface area (Å²) in [6.45, 7) is 4.79. The Kier molecular flexibility index (Phi) is 9.60. The van der Waals surface area contributed by atoms with Gasteiger partial charge in [-0.15, -0.1) is 24.0 Å². The van der Waals surface area contributed by atoms with E-state index in [0.29, 0.717) is 19.0 Å². The van der Waals surface area contributed by atoms with Gasteiger partial charge < -0.3 is 19.9 Å². The van der Waals surface area contributed by atoms with Gasteiger partial charge in [0.25, 0.3) is 0 Å². The van der Waals surface area contributed by atoms with E-state index in [9.17, 15) is 18.3 Å². The third-order valence-electron chi connectivity index (χ3n) is 4.63. The molecule has 1 atom stereocenters. The maximum absolute atomic E-state index is 13.6. The van der Waals surface area contributed by atoms with Crippen LogP contribution in [0.25, 0.3) is 0 Å². The maximum Gasteiger partial charge on any atom is 0.424 e. The first-order valence-corrected chi connectivity index (χ1v) is 9.40. The molecule has 0 aliphatic heterocycles. The van der Waals surface area contributed by atoms with Crippen LogP contribution in [0.2, 0.25) is 0 Å². The molecule has 1 heterocycles. The fraction of sp³-hybridized carbons (Fsp3) is 0.500. The predicted octanol–water partition coefficient (Wildman–Crippen LogP) is 3.58. The van der Waals surface area contributed by atoms with E-state index in [1.807, 2.05) is 50.1 Å². The zero-order valence-electron chi connectivity index (χ0n) is 17.6. The summed E-state index contributed by atoms with van der Waals surface area (Å²) in [7, 11) is 3.23. The molecule has 0 spiro atoms. The van der Waals surface area contributed by atoms with Crippen LogP contribution in [0.15, 0.2) is 41.7 Å². The van der Waals surface area contributed by atoms with Crippen molar-refractivity contribution in [3.8, 4) is 0 Å². The summed E-state index contributed by atoms with van der Waals surface area (Å²) in [5, 5.41) is 13.5. The molecular formula is C20H29F3IN5O. The van der Waals surface area contributed by atoms with Crippen LogP contribution in [0.4, 0.5) is 13.2 Å². The second-order valence-corrected chi connectivity index (χ2v) is 7.05. The second kappa shape index (κ2) is 11.0. The minimum Gasteiger partial charge on any atom is -0.374 e.